The fourth-order valence-electron chi connectivity index (χ4n) is 4.76. The molecule has 19 nitrogen and oxygen atoms in total. The van der Waals surface area contributed by atoms with Gasteiger partial charge in [-0.3, -0.25) is 38.4 Å². The van der Waals surface area contributed by atoms with Crippen LogP contribution in [-0.4, -0.2) is 122 Å². The van der Waals surface area contributed by atoms with Crippen LogP contribution in [0.2, 0.25) is 0 Å². The maximum atomic E-state index is 12.1. The molecule has 10 atom stereocenters. The summed E-state index contributed by atoms with van der Waals surface area (Å²) < 4.78 is 59.8. The van der Waals surface area contributed by atoms with Crippen LogP contribution < -0.4 is 0 Å². The van der Waals surface area contributed by atoms with Crippen molar-refractivity contribution in [3.8, 4) is 0 Å². The molecule has 47 heavy (non-hydrogen) atoms. The Morgan fingerprint density at radius 2 is 0.702 bits per heavy atom. The van der Waals surface area contributed by atoms with Gasteiger partial charge in [-0.1, -0.05) is 0 Å². The number of hydrogen-bond acceptors (Lipinski definition) is 19. The molecule has 0 aromatic rings. The van der Waals surface area contributed by atoms with E-state index in [2.05, 4.69) is 0 Å². The molecule has 0 saturated carbocycles. The lowest BCUT2D eigenvalue weighted by molar-refractivity contribution is -0.331. The van der Waals surface area contributed by atoms with Crippen molar-refractivity contribution in [1.82, 2.24) is 0 Å². The SMILES string of the molecule is CC(=O)OCC1O[C@H](OCC2O[C@@H](OC(C)=O)C(OC(C)=O)C(OC(C)=O)[C@@H]2OC(C)=O)C(OC(C)=O)C(OC(C)=O)[C@@H]1OC(C)=O. The van der Waals surface area contributed by atoms with Crippen LogP contribution in [0.5, 0.6) is 0 Å². The second kappa shape index (κ2) is 17.5. The second-order valence-corrected chi connectivity index (χ2v) is 10.3. The zero-order valence-electron chi connectivity index (χ0n) is 26.9. The number of esters is 8. The molecular formula is C28H38O19. The van der Waals surface area contributed by atoms with Gasteiger partial charge in [0, 0.05) is 55.4 Å². The third-order valence-corrected chi connectivity index (χ3v) is 6.15. The van der Waals surface area contributed by atoms with E-state index in [1.165, 1.54) is 0 Å². The van der Waals surface area contributed by atoms with Crippen molar-refractivity contribution in [3.05, 3.63) is 0 Å². The van der Waals surface area contributed by atoms with Crippen molar-refractivity contribution in [2.75, 3.05) is 13.2 Å². The average Bonchev–Trinajstić information content (AvgIpc) is 2.91. The molecule has 2 heterocycles. The normalized spacial score (nSPS) is 30.0. The van der Waals surface area contributed by atoms with Gasteiger partial charge in [-0.05, 0) is 0 Å². The predicted molar refractivity (Wildman–Crippen MR) is 145 cm³/mol. The van der Waals surface area contributed by atoms with Gasteiger partial charge in [0.25, 0.3) is 0 Å². The van der Waals surface area contributed by atoms with E-state index in [0.29, 0.717) is 0 Å². The quantitative estimate of drug-likeness (QED) is 0.181. The Bertz CT molecular complexity index is 1200. The van der Waals surface area contributed by atoms with Crippen molar-refractivity contribution in [1.29, 1.82) is 0 Å². The van der Waals surface area contributed by atoms with Crippen LogP contribution in [0.3, 0.4) is 0 Å². The Balaban J connectivity index is 2.56. The highest BCUT2D eigenvalue weighted by Crippen LogP contribution is 2.33. The first-order valence-electron chi connectivity index (χ1n) is 14.2. The van der Waals surface area contributed by atoms with E-state index < -0.39 is 122 Å². The van der Waals surface area contributed by atoms with Gasteiger partial charge in [0.15, 0.2) is 36.8 Å². The van der Waals surface area contributed by atoms with E-state index in [1.54, 1.807) is 0 Å². The lowest BCUT2D eigenvalue weighted by atomic mass is 9.97. The van der Waals surface area contributed by atoms with E-state index in [4.69, 9.17) is 52.1 Å². The zero-order valence-corrected chi connectivity index (χ0v) is 26.9. The lowest BCUT2D eigenvalue weighted by Crippen LogP contribution is -2.65. The molecule has 0 bridgehead atoms. The molecular weight excluding hydrogens is 640 g/mol. The molecule has 2 saturated heterocycles. The molecule has 0 radical (unpaired) electrons. The first-order chi connectivity index (χ1) is 21.9. The zero-order chi connectivity index (χ0) is 35.6. The van der Waals surface area contributed by atoms with Crippen LogP contribution in [0, 0.1) is 0 Å². The summed E-state index contributed by atoms with van der Waals surface area (Å²) in [5.74, 6) is -6.93. The molecule has 2 aliphatic heterocycles. The maximum Gasteiger partial charge on any atom is 0.305 e. The molecule has 0 aromatic heterocycles. The molecule has 0 spiro atoms. The average molecular weight is 679 g/mol. The minimum Gasteiger partial charge on any atom is -0.463 e. The van der Waals surface area contributed by atoms with Gasteiger partial charge in [0.05, 0.1) is 6.61 Å². The predicted octanol–water partition coefficient (Wildman–Crippen LogP) is -0.831. The number of hydrogen-bond donors (Lipinski definition) is 0. The smallest absolute Gasteiger partial charge is 0.305 e. The summed E-state index contributed by atoms with van der Waals surface area (Å²) in [6, 6.07) is 0. The fourth-order valence-corrected chi connectivity index (χ4v) is 4.76. The van der Waals surface area contributed by atoms with E-state index >= 15 is 0 Å². The maximum absolute atomic E-state index is 12.1. The van der Waals surface area contributed by atoms with Crippen LogP contribution in [0.25, 0.3) is 0 Å². The Kier molecular flexibility index (Phi) is 14.5. The number of carbonyl (C=O) groups excluding carboxylic acids is 8. The Morgan fingerprint density at radius 1 is 0.383 bits per heavy atom. The van der Waals surface area contributed by atoms with Crippen LogP contribution in [0.4, 0.5) is 0 Å². The van der Waals surface area contributed by atoms with E-state index in [0.717, 1.165) is 55.4 Å². The molecule has 0 N–H and O–H groups in total. The van der Waals surface area contributed by atoms with Gasteiger partial charge in [0.1, 0.15) is 18.8 Å². The van der Waals surface area contributed by atoms with Gasteiger partial charge in [-0.15, -0.1) is 0 Å². The fraction of sp³-hybridized carbons (Fsp3) is 0.714. The van der Waals surface area contributed by atoms with E-state index in [1.807, 2.05) is 0 Å². The molecule has 2 fully saturated rings. The van der Waals surface area contributed by atoms with Crippen LogP contribution >= 0.6 is 0 Å². The van der Waals surface area contributed by atoms with Crippen molar-refractivity contribution in [2.24, 2.45) is 0 Å². The van der Waals surface area contributed by atoms with Crippen molar-refractivity contribution < 1.29 is 90.5 Å². The summed E-state index contributed by atoms with van der Waals surface area (Å²) in [6.45, 7) is 7.09. The van der Waals surface area contributed by atoms with Gasteiger partial charge in [0.2, 0.25) is 12.4 Å². The molecule has 0 amide bonds. The summed E-state index contributed by atoms with van der Waals surface area (Å²) in [6.07, 6.45) is -15.6. The molecule has 2 rings (SSSR count). The number of rotatable bonds is 12. The third kappa shape index (κ3) is 12.1. The summed E-state index contributed by atoms with van der Waals surface area (Å²) in [7, 11) is 0. The summed E-state index contributed by atoms with van der Waals surface area (Å²) >= 11 is 0. The van der Waals surface area contributed by atoms with Gasteiger partial charge >= 0.3 is 47.8 Å². The number of carbonyl (C=O) groups is 8. The summed E-state index contributed by atoms with van der Waals surface area (Å²) in [4.78, 5) is 95.9. The molecule has 0 aromatic carbocycles. The summed E-state index contributed by atoms with van der Waals surface area (Å²) in [5.41, 5.74) is 0. The summed E-state index contributed by atoms with van der Waals surface area (Å²) in [5, 5.41) is 0. The Morgan fingerprint density at radius 3 is 1.09 bits per heavy atom. The number of ether oxygens (including phenoxy) is 11. The molecule has 6 unspecified atom stereocenters. The minimum atomic E-state index is -1.71. The standard InChI is InChI=1S/C28H38O19/c1-11(29)37-9-19-21(39-12(2)30)23(41-14(4)32)25(43-16(6)34)27(46-19)38-10-20-22(40-13(3)31)24(42-15(5)33)26(44-17(7)35)28(47-20)45-18(8)36/h19-28H,9-10H2,1-8H3/t19?,20?,21-,22-,23?,24?,25?,26?,27+,28-/m1/s1. The third-order valence-electron chi connectivity index (χ3n) is 6.15. The van der Waals surface area contributed by atoms with Crippen molar-refractivity contribution >= 4 is 47.8 Å². The van der Waals surface area contributed by atoms with Crippen molar-refractivity contribution in [3.63, 3.8) is 0 Å². The van der Waals surface area contributed by atoms with Gasteiger partial charge in [-0.2, -0.15) is 0 Å². The molecule has 2 aliphatic rings. The van der Waals surface area contributed by atoms with Gasteiger partial charge in [-0.25, -0.2) is 0 Å². The van der Waals surface area contributed by atoms with E-state index in [-0.39, 0.29) is 0 Å². The second-order valence-electron chi connectivity index (χ2n) is 10.3. The van der Waals surface area contributed by atoms with Crippen LogP contribution in [0.1, 0.15) is 55.4 Å². The Labute approximate surface area is 268 Å². The van der Waals surface area contributed by atoms with E-state index in [9.17, 15) is 38.4 Å². The van der Waals surface area contributed by atoms with Crippen molar-refractivity contribution in [2.45, 2.75) is 117 Å². The van der Waals surface area contributed by atoms with Crippen LogP contribution in [0.15, 0.2) is 0 Å². The Hall–Kier alpha value is -4.36. The highest BCUT2D eigenvalue weighted by molar-refractivity contribution is 5.70. The molecule has 264 valence electrons. The molecule has 19 heteroatoms. The first-order valence-corrected chi connectivity index (χ1v) is 14.2. The highest BCUT2D eigenvalue weighted by Gasteiger charge is 2.56. The molecule has 0 aliphatic carbocycles. The highest BCUT2D eigenvalue weighted by atomic mass is 16.8. The first kappa shape index (κ1) is 38.8. The van der Waals surface area contributed by atoms with Crippen LogP contribution in [-0.2, 0) is 90.5 Å². The monoisotopic (exact) mass is 678 g/mol. The lowest BCUT2D eigenvalue weighted by Gasteiger charge is -2.46. The van der Waals surface area contributed by atoms with Gasteiger partial charge < -0.3 is 52.1 Å². The minimum absolute atomic E-state index is 0.541. The topological polar surface area (TPSA) is 238 Å². The largest absolute Gasteiger partial charge is 0.463 e.